The summed E-state index contributed by atoms with van der Waals surface area (Å²) in [6.45, 7) is 4.11. The number of unbranched alkanes of at least 4 members (excludes halogenated alkanes) is 2. The van der Waals surface area contributed by atoms with E-state index in [0.717, 1.165) is 25.7 Å². The Morgan fingerprint density at radius 1 is 1.33 bits per heavy atom. The van der Waals surface area contributed by atoms with Crippen molar-refractivity contribution in [2.75, 3.05) is 0 Å². The van der Waals surface area contributed by atoms with Crippen molar-refractivity contribution in [3.63, 3.8) is 0 Å². The van der Waals surface area contributed by atoms with Crippen molar-refractivity contribution in [2.45, 2.75) is 46.0 Å². The van der Waals surface area contributed by atoms with E-state index in [-0.39, 0.29) is 5.97 Å². The highest BCUT2D eigenvalue weighted by Crippen LogP contribution is 2.00. The van der Waals surface area contributed by atoms with E-state index >= 15 is 0 Å². The maximum atomic E-state index is 10.9. The van der Waals surface area contributed by atoms with Gasteiger partial charge in [-0.05, 0) is 18.9 Å². The minimum absolute atomic E-state index is 0.117. The van der Waals surface area contributed by atoms with Crippen LogP contribution in [0.1, 0.15) is 46.0 Å². The summed E-state index contributed by atoms with van der Waals surface area (Å²) < 4.78 is 4.81. The summed E-state index contributed by atoms with van der Waals surface area (Å²) in [6.07, 6.45) is 7.94. The van der Waals surface area contributed by atoms with Crippen molar-refractivity contribution >= 4 is 5.97 Å². The molecule has 2 nitrogen and oxygen atoms in total. The van der Waals surface area contributed by atoms with Gasteiger partial charge in [0.05, 0.1) is 6.26 Å². The number of rotatable bonds is 6. The van der Waals surface area contributed by atoms with Crippen LogP contribution >= 0.6 is 0 Å². The first kappa shape index (κ1) is 11.2. The number of carbonyl (C=O) groups is 1. The topological polar surface area (TPSA) is 26.3 Å². The fourth-order valence-electron chi connectivity index (χ4n) is 0.798. The third-order valence-corrected chi connectivity index (χ3v) is 1.52. The van der Waals surface area contributed by atoms with Crippen molar-refractivity contribution in [1.82, 2.24) is 0 Å². The maximum absolute atomic E-state index is 10.9. The Hall–Kier alpha value is -0.790. The highest BCUT2D eigenvalue weighted by atomic mass is 16.5. The van der Waals surface area contributed by atoms with Crippen LogP contribution in [-0.4, -0.2) is 5.97 Å². The third kappa shape index (κ3) is 7.32. The molecule has 0 heterocycles. The molecule has 0 amide bonds. The number of esters is 1. The molecule has 0 N–H and O–H groups in total. The van der Waals surface area contributed by atoms with Crippen LogP contribution in [0.4, 0.5) is 0 Å². The van der Waals surface area contributed by atoms with Crippen LogP contribution < -0.4 is 0 Å². The van der Waals surface area contributed by atoms with Crippen molar-refractivity contribution in [3.05, 3.63) is 12.3 Å². The lowest BCUT2D eigenvalue weighted by molar-refractivity contribution is -0.138. The summed E-state index contributed by atoms with van der Waals surface area (Å²) in [4.78, 5) is 10.9. The Kier molecular flexibility index (Phi) is 7.76. The van der Waals surface area contributed by atoms with Gasteiger partial charge in [-0.1, -0.05) is 26.7 Å². The summed E-state index contributed by atoms with van der Waals surface area (Å²) in [5.74, 6) is -0.117. The Labute approximate surface area is 74.6 Å². The predicted octanol–water partition coefficient (Wildman–Crippen LogP) is 3.03. The molecule has 2 heteroatoms. The maximum Gasteiger partial charge on any atom is 0.310 e. The van der Waals surface area contributed by atoms with E-state index in [0.29, 0.717) is 6.42 Å². The van der Waals surface area contributed by atoms with Gasteiger partial charge in [0.15, 0.2) is 0 Å². The van der Waals surface area contributed by atoms with Gasteiger partial charge < -0.3 is 4.74 Å². The molecule has 12 heavy (non-hydrogen) atoms. The monoisotopic (exact) mass is 170 g/mol. The van der Waals surface area contributed by atoms with Gasteiger partial charge in [-0.25, -0.2) is 0 Å². The Morgan fingerprint density at radius 3 is 2.67 bits per heavy atom. The second kappa shape index (κ2) is 8.31. The summed E-state index contributed by atoms with van der Waals surface area (Å²) in [5, 5.41) is 0. The van der Waals surface area contributed by atoms with E-state index in [1.165, 1.54) is 6.26 Å². The van der Waals surface area contributed by atoms with E-state index in [1.807, 2.05) is 13.0 Å². The Bertz CT molecular complexity index is 139. The van der Waals surface area contributed by atoms with Gasteiger partial charge in [-0.2, -0.15) is 0 Å². The number of allylic oxidation sites excluding steroid dienone is 1. The van der Waals surface area contributed by atoms with Gasteiger partial charge in [0.25, 0.3) is 0 Å². The van der Waals surface area contributed by atoms with Crippen LogP contribution in [-0.2, 0) is 9.53 Å². The van der Waals surface area contributed by atoms with Crippen molar-refractivity contribution in [1.29, 1.82) is 0 Å². The fourth-order valence-corrected chi connectivity index (χ4v) is 0.798. The minimum atomic E-state index is -0.117. The molecule has 0 aliphatic heterocycles. The number of hydrogen-bond donors (Lipinski definition) is 0. The van der Waals surface area contributed by atoms with Crippen molar-refractivity contribution in [2.24, 2.45) is 0 Å². The highest BCUT2D eigenvalue weighted by Gasteiger charge is 1.98. The lowest BCUT2D eigenvalue weighted by atomic mass is 10.2. The van der Waals surface area contributed by atoms with Crippen molar-refractivity contribution < 1.29 is 9.53 Å². The van der Waals surface area contributed by atoms with Gasteiger partial charge in [0, 0.05) is 6.42 Å². The van der Waals surface area contributed by atoms with Gasteiger partial charge in [0.2, 0.25) is 0 Å². The molecule has 0 spiro atoms. The second-order valence-corrected chi connectivity index (χ2v) is 2.73. The quantitative estimate of drug-likeness (QED) is 0.348. The van der Waals surface area contributed by atoms with E-state index in [1.54, 1.807) is 0 Å². The summed E-state index contributed by atoms with van der Waals surface area (Å²) in [6, 6.07) is 0. The van der Waals surface area contributed by atoms with Crippen molar-refractivity contribution in [3.8, 4) is 0 Å². The molecule has 0 atom stereocenters. The lowest BCUT2D eigenvalue weighted by Crippen LogP contribution is -1.98. The average molecular weight is 170 g/mol. The largest absolute Gasteiger partial charge is 0.435 e. The lowest BCUT2D eigenvalue weighted by Gasteiger charge is -1.97. The van der Waals surface area contributed by atoms with E-state index < -0.39 is 0 Å². The molecule has 0 aliphatic carbocycles. The van der Waals surface area contributed by atoms with E-state index in [2.05, 4.69) is 6.92 Å². The SMILES string of the molecule is CC/C=C/OC(=O)CCCCC. The number of hydrogen-bond acceptors (Lipinski definition) is 2. The average Bonchev–Trinajstić information content (AvgIpc) is 2.06. The van der Waals surface area contributed by atoms with E-state index in [4.69, 9.17) is 4.74 Å². The molecular formula is C10H18O2. The molecule has 0 aliphatic rings. The van der Waals surface area contributed by atoms with Crippen LogP contribution in [0.2, 0.25) is 0 Å². The third-order valence-electron chi connectivity index (χ3n) is 1.52. The second-order valence-electron chi connectivity index (χ2n) is 2.73. The molecule has 0 aromatic rings. The molecule has 0 radical (unpaired) electrons. The zero-order valence-corrected chi connectivity index (χ0v) is 8.01. The standard InChI is InChI=1S/C10H18O2/c1-3-5-7-8-10(11)12-9-6-4-2/h6,9H,3-5,7-8H2,1-2H3/b9-6+. The first-order chi connectivity index (χ1) is 5.81. The highest BCUT2D eigenvalue weighted by molar-refractivity contribution is 5.69. The molecule has 0 rings (SSSR count). The summed E-state index contributed by atoms with van der Waals surface area (Å²) in [5.41, 5.74) is 0. The van der Waals surface area contributed by atoms with Gasteiger partial charge in [-0.15, -0.1) is 0 Å². The first-order valence-corrected chi connectivity index (χ1v) is 4.65. The smallest absolute Gasteiger partial charge is 0.310 e. The molecule has 0 fully saturated rings. The normalized spacial score (nSPS) is 10.5. The zero-order chi connectivity index (χ0) is 9.23. The minimum Gasteiger partial charge on any atom is -0.435 e. The van der Waals surface area contributed by atoms with Crippen LogP contribution in [0, 0.1) is 0 Å². The van der Waals surface area contributed by atoms with Crippen LogP contribution in [0.5, 0.6) is 0 Å². The molecule has 0 unspecified atom stereocenters. The van der Waals surface area contributed by atoms with Crippen LogP contribution in [0.25, 0.3) is 0 Å². The molecule has 0 saturated heterocycles. The zero-order valence-electron chi connectivity index (χ0n) is 8.01. The fraction of sp³-hybridized carbons (Fsp3) is 0.700. The Balaban J connectivity index is 3.27. The summed E-state index contributed by atoms with van der Waals surface area (Å²) in [7, 11) is 0. The van der Waals surface area contributed by atoms with Gasteiger partial charge >= 0.3 is 5.97 Å². The number of carbonyl (C=O) groups excluding carboxylic acids is 1. The molecule has 0 aromatic carbocycles. The molecule has 0 bridgehead atoms. The predicted molar refractivity (Wildman–Crippen MR) is 49.7 cm³/mol. The molecule has 0 saturated carbocycles. The Morgan fingerprint density at radius 2 is 2.08 bits per heavy atom. The molecule has 70 valence electrons. The number of ether oxygens (including phenoxy) is 1. The van der Waals surface area contributed by atoms with Crippen LogP contribution in [0.15, 0.2) is 12.3 Å². The molecule has 0 aromatic heterocycles. The summed E-state index contributed by atoms with van der Waals surface area (Å²) >= 11 is 0. The van der Waals surface area contributed by atoms with E-state index in [9.17, 15) is 4.79 Å². The van der Waals surface area contributed by atoms with Gasteiger partial charge in [-0.3, -0.25) is 4.79 Å². The molecular weight excluding hydrogens is 152 g/mol. The van der Waals surface area contributed by atoms with Crippen LogP contribution in [0.3, 0.4) is 0 Å². The first-order valence-electron chi connectivity index (χ1n) is 4.65. The van der Waals surface area contributed by atoms with Gasteiger partial charge in [0.1, 0.15) is 0 Å².